The van der Waals surface area contributed by atoms with Crippen molar-refractivity contribution < 1.29 is 23.2 Å². The minimum absolute atomic E-state index is 0.0468. The maximum atomic E-state index is 13.1. The summed E-state index contributed by atoms with van der Waals surface area (Å²) in [6.07, 6.45) is 3.33. The summed E-state index contributed by atoms with van der Waals surface area (Å²) in [6.45, 7) is 5.20. The van der Waals surface area contributed by atoms with Crippen LogP contribution in [0.2, 0.25) is 0 Å². The Balaban J connectivity index is 1.33. The van der Waals surface area contributed by atoms with E-state index in [0.717, 1.165) is 24.5 Å². The predicted molar refractivity (Wildman–Crippen MR) is 123 cm³/mol. The summed E-state index contributed by atoms with van der Waals surface area (Å²) in [7, 11) is 1.65. The first-order valence-corrected chi connectivity index (χ1v) is 11.1. The lowest BCUT2D eigenvalue weighted by Gasteiger charge is -2.36. The average molecular weight is 452 g/mol. The fourth-order valence-corrected chi connectivity index (χ4v) is 4.02. The molecule has 8 heteroatoms. The third kappa shape index (κ3) is 5.39. The van der Waals surface area contributed by atoms with Gasteiger partial charge in [-0.3, -0.25) is 9.59 Å². The number of piperazine rings is 1. The van der Waals surface area contributed by atoms with Crippen molar-refractivity contribution in [3.8, 4) is 5.75 Å². The highest BCUT2D eigenvalue weighted by atomic mass is 16.5. The number of carbonyl (C=O) groups excluding carboxylic acids is 2. The molecule has 0 bridgehead atoms. The zero-order chi connectivity index (χ0) is 23.2. The van der Waals surface area contributed by atoms with Crippen LogP contribution in [-0.2, 0) is 11.3 Å². The smallest absolute Gasteiger partial charge is 0.257 e. The Morgan fingerprint density at radius 1 is 1.00 bits per heavy atom. The highest BCUT2D eigenvalue weighted by Gasteiger charge is 2.25. The summed E-state index contributed by atoms with van der Waals surface area (Å²) < 4.78 is 15.9. The number of rotatable bonds is 8. The van der Waals surface area contributed by atoms with Crippen LogP contribution in [0.1, 0.15) is 28.3 Å². The minimum Gasteiger partial charge on any atom is -0.497 e. The second-order valence-electron chi connectivity index (χ2n) is 8.01. The van der Waals surface area contributed by atoms with Crippen molar-refractivity contribution in [3.63, 3.8) is 0 Å². The van der Waals surface area contributed by atoms with Crippen LogP contribution in [0.5, 0.6) is 5.75 Å². The van der Waals surface area contributed by atoms with Crippen LogP contribution in [0, 0.1) is 6.92 Å². The Bertz CT molecular complexity index is 1050. The third-order valence-electron chi connectivity index (χ3n) is 5.97. The van der Waals surface area contributed by atoms with Crippen molar-refractivity contribution in [2.45, 2.75) is 19.9 Å². The molecule has 1 aliphatic heterocycles. The molecule has 0 radical (unpaired) electrons. The van der Waals surface area contributed by atoms with Gasteiger partial charge >= 0.3 is 0 Å². The van der Waals surface area contributed by atoms with Crippen molar-refractivity contribution in [3.05, 3.63) is 72.1 Å². The normalized spacial score (nSPS) is 13.8. The first-order valence-electron chi connectivity index (χ1n) is 11.1. The van der Waals surface area contributed by atoms with Crippen molar-refractivity contribution in [2.75, 3.05) is 44.7 Å². The molecule has 2 aromatic heterocycles. The number of ether oxygens (including phenoxy) is 1. The summed E-state index contributed by atoms with van der Waals surface area (Å²) in [5.74, 6) is 1.93. The second kappa shape index (κ2) is 10.3. The van der Waals surface area contributed by atoms with E-state index in [1.54, 1.807) is 37.3 Å². The first-order chi connectivity index (χ1) is 16.0. The number of anilines is 1. The standard InChI is InChI=1S/C25H29N3O5/c1-19-23(10-17-32-19)25(30)28(18-22-4-3-16-33-22)11-9-24(29)27-14-12-26(13-15-27)20-5-7-21(31-2)8-6-20/h3-8,10,16-17H,9,11-15,18H2,1-2H3. The molecule has 1 aromatic carbocycles. The van der Waals surface area contributed by atoms with Crippen LogP contribution >= 0.6 is 0 Å². The van der Waals surface area contributed by atoms with Crippen molar-refractivity contribution in [2.24, 2.45) is 0 Å². The van der Waals surface area contributed by atoms with E-state index in [1.807, 2.05) is 35.2 Å². The minimum atomic E-state index is -0.172. The van der Waals surface area contributed by atoms with Gasteiger partial charge in [-0.2, -0.15) is 0 Å². The predicted octanol–water partition coefficient (Wildman–Crippen LogP) is 3.57. The number of hydrogen-bond acceptors (Lipinski definition) is 6. The number of aryl methyl sites for hydroxylation is 1. The Morgan fingerprint density at radius 2 is 1.76 bits per heavy atom. The van der Waals surface area contributed by atoms with E-state index < -0.39 is 0 Å². The number of methoxy groups -OCH3 is 1. The Labute approximate surface area is 193 Å². The lowest BCUT2D eigenvalue weighted by molar-refractivity contribution is -0.131. The Morgan fingerprint density at radius 3 is 2.36 bits per heavy atom. The fraction of sp³-hybridized carbons (Fsp3) is 0.360. The Kier molecular flexibility index (Phi) is 7.02. The largest absolute Gasteiger partial charge is 0.497 e. The van der Waals surface area contributed by atoms with Gasteiger partial charge < -0.3 is 28.3 Å². The molecule has 1 aliphatic rings. The van der Waals surface area contributed by atoms with Gasteiger partial charge in [-0.05, 0) is 49.4 Å². The van der Waals surface area contributed by atoms with Crippen LogP contribution in [0.4, 0.5) is 5.69 Å². The van der Waals surface area contributed by atoms with Gasteiger partial charge in [0.15, 0.2) is 0 Å². The average Bonchev–Trinajstić information content (AvgIpc) is 3.53. The molecule has 2 amide bonds. The highest BCUT2D eigenvalue weighted by Crippen LogP contribution is 2.21. The summed E-state index contributed by atoms with van der Waals surface area (Å²) in [5, 5.41) is 0. The van der Waals surface area contributed by atoms with Crippen LogP contribution in [0.3, 0.4) is 0 Å². The monoisotopic (exact) mass is 451 g/mol. The van der Waals surface area contributed by atoms with Crippen LogP contribution in [0.15, 0.2) is 63.8 Å². The molecule has 174 valence electrons. The van der Waals surface area contributed by atoms with Gasteiger partial charge in [0.05, 0.1) is 31.7 Å². The van der Waals surface area contributed by atoms with Gasteiger partial charge in [0.1, 0.15) is 17.3 Å². The molecule has 0 aliphatic carbocycles. The number of carbonyl (C=O) groups is 2. The van der Waals surface area contributed by atoms with Crippen LogP contribution in [0.25, 0.3) is 0 Å². The molecule has 0 N–H and O–H groups in total. The lowest BCUT2D eigenvalue weighted by atomic mass is 10.2. The van der Waals surface area contributed by atoms with Crippen LogP contribution in [-0.4, -0.2) is 61.4 Å². The van der Waals surface area contributed by atoms with E-state index in [-0.39, 0.29) is 18.2 Å². The maximum absolute atomic E-state index is 13.1. The summed E-state index contributed by atoms with van der Waals surface area (Å²) >= 11 is 0. The molecule has 0 unspecified atom stereocenters. The van der Waals surface area contributed by atoms with E-state index in [4.69, 9.17) is 13.6 Å². The van der Waals surface area contributed by atoms with Crippen molar-refractivity contribution >= 4 is 17.5 Å². The van der Waals surface area contributed by atoms with Crippen molar-refractivity contribution in [1.29, 1.82) is 0 Å². The summed E-state index contributed by atoms with van der Waals surface area (Å²) in [6, 6.07) is 13.2. The molecular weight excluding hydrogens is 422 g/mol. The molecule has 4 rings (SSSR count). The third-order valence-corrected chi connectivity index (χ3v) is 5.97. The maximum Gasteiger partial charge on any atom is 0.257 e. The number of nitrogens with zero attached hydrogens (tertiary/aromatic N) is 3. The van der Waals surface area contributed by atoms with Gasteiger partial charge in [-0.25, -0.2) is 0 Å². The number of hydrogen-bond donors (Lipinski definition) is 0. The number of amides is 2. The fourth-order valence-electron chi connectivity index (χ4n) is 4.02. The molecule has 33 heavy (non-hydrogen) atoms. The summed E-state index contributed by atoms with van der Waals surface area (Å²) in [5.41, 5.74) is 1.62. The van der Waals surface area contributed by atoms with Gasteiger partial charge in [0, 0.05) is 44.8 Å². The molecule has 0 spiro atoms. The van der Waals surface area contributed by atoms with E-state index in [2.05, 4.69) is 4.90 Å². The summed E-state index contributed by atoms with van der Waals surface area (Å²) in [4.78, 5) is 31.8. The van der Waals surface area contributed by atoms with E-state index in [9.17, 15) is 9.59 Å². The zero-order valence-electron chi connectivity index (χ0n) is 19.0. The zero-order valence-corrected chi connectivity index (χ0v) is 19.0. The Hall–Kier alpha value is -3.68. The molecule has 1 saturated heterocycles. The number of benzene rings is 1. The molecular formula is C25H29N3O5. The molecule has 3 aromatic rings. The van der Waals surface area contributed by atoms with Gasteiger partial charge in [-0.15, -0.1) is 0 Å². The van der Waals surface area contributed by atoms with Crippen molar-refractivity contribution in [1.82, 2.24) is 9.80 Å². The van der Waals surface area contributed by atoms with Crippen LogP contribution < -0.4 is 9.64 Å². The highest BCUT2D eigenvalue weighted by molar-refractivity contribution is 5.95. The van der Waals surface area contributed by atoms with E-state index in [0.29, 0.717) is 43.3 Å². The van der Waals surface area contributed by atoms with E-state index >= 15 is 0 Å². The van der Waals surface area contributed by atoms with E-state index in [1.165, 1.54) is 6.26 Å². The van der Waals surface area contributed by atoms with Gasteiger partial charge in [0.2, 0.25) is 5.91 Å². The molecule has 3 heterocycles. The second-order valence-corrected chi connectivity index (χ2v) is 8.01. The molecule has 0 saturated carbocycles. The van der Waals surface area contributed by atoms with Gasteiger partial charge in [-0.1, -0.05) is 0 Å². The topological polar surface area (TPSA) is 79.4 Å². The quantitative estimate of drug-likeness (QED) is 0.521. The lowest BCUT2D eigenvalue weighted by Crippen LogP contribution is -2.49. The van der Waals surface area contributed by atoms with Gasteiger partial charge in [0.25, 0.3) is 5.91 Å². The molecule has 8 nitrogen and oxygen atoms in total. The molecule has 1 fully saturated rings. The molecule has 0 atom stereocenters. The number of furan rings is 2. The first kappa shape index (κ1) is 22.5. The SMILES string of the molecule is COc1ccc(N2CCN(C(=O)CCN(Cc3ccco3)C(=O)c3ccoc3C)CC2)cc1.